The van der Waals surface area contributed by atoms with Gasteiger partial charge in [-0.15, -0.1) is 0 Å². The molecule has 0 fully saturated rings. The van der Waals surface area contributed by atoms with Crippen molar-refractivity contribution in [2.75, 3.05) is 0 Å². The van der Waals surface area contributed by atoms with Crippen molar-refractivity contribution in [2.45, 2.75) is 0 Å². The van der Waals surface area contributed by atoms with Gasteiger partial charge in [0.1, 0.15) is 22.4 Å². The van der Waals surface area contributed by atoms with Gasteiger partial charge in [0.25, 0.3) is 0 Å². The van der Waals surface area contributed by atoms with E-state index in [0.717, 1.165) is 72.0 Å². The van der Waals surface area contributed by atoms with Crippen LogP contribution in [-0.4, -0.2) is 14.5 Å². The fraction of sp³-hybridized carbons (Fsp3) is 0. The van der Waals surface area contributed by atoms with Gasteiger partial charge in [-0.3, -0.25) is 0 Å². The molecule has 228 valence electrons. The second kappa shape index (κ2) is 9.89. The van der Waals surface area contributed by atoms with Crippen LogP contribution in [0.4, 0.5) is 0 Å². The van der Waals surface area contributed by atoms with E-state index >= 15 is 0 Å². The van der Waals surface area contributed by atoms with Crippen LogP contribution in [0.3, 0.4) is 0 Å². The molecule has 4 aromatic heterocycles. The Labute approximate surface area is 279 Å². The molecule has 0 saturated carbocycles. The normalized spacial score (nSPS) is 12.1. The summed E-state index contributed by atoms with van der Waals surface area (Å²) >= 11 is 0. The SMILES string of the molecule is c1ccc(-c2nc(-c3ccc(-n4c5ccccc5c5cc6ccccc6cc54)c4oc5ccccc5c34)c3oc4ccccc4c3n2)cc1. The molecule has 0 unspecified atom stereocenters. The minimum atomic E-state index is 0.647. The highest BCUT2D eigenvalue weighted by atomic mass is 16.3. The Morgan fingerprint density at radius 3 is 1.96 bits per heavy atom. The van der Waals surface area contributed by atoms with Gasteiger partial charge in [-0.25, -0.2) is 9.97 Å². The van der Waals surface area contributed by atoms with Gasteiger partial charge < -0.3 is 13.4 Å². The maximum atomic E-state index is 6.85. The Morgan fingerprint density at radius 1 is 0.469 bits per heavy atom. The zero-order valence-corrected chi connectivity index (χ0v) is 26.1. The topological polar surface area (TPSA) is 57.0 Å². The molecule has 0 saturated heterocycles. The van der Waals surface area contributed by atoms with Gasteiger partial charge in [-0.1, -0.05) is 103 Å². The van der Waals surface area contributed by atoms with E-state index in [-0.39, 0.29) is 0 Å². The summed E-state index contributed by atoms with van der Waals surface area (Å²) in [5, 5.41) is 7.77. The molecule has 0 spiro atoms. The van der Waals surface area contributed by atoms with E-state index in [1.807, 2.05) is 60.7 Å². The van der Waals surface area contributed by atoms with Gasteiger partial charge >= 0.3 is 0 Å². The molecule has 5 nitrogen and oxygen atoms in total. The van der Waals surface area contributed by atoms with Gasteiger partial charge in [0.2, 0.25) is 0 Å². The van der Waals surface area contributed by atoms with E-state index in [1.165, 1.54) is 21.5 Å². The van der Waals surface area contributed by atoms with E-state index in [9.17, 15) is 0 Å². The number of rotatable bonds is 3. The molecule has 0 aliphatic heterocycles. The van der Waals surface area contributed by atoms with Gasteiger partial charge in [0, 0.05) is 38.1 Å². The Bertz CT molecular complexity index is 3110. The molecule has 5 heteroatoms. The van der Waals surface area contributed by atoms with Crippen LogP contribution in [-0.2, 0) is 0 Å². The van der Waals surface area contributed by atoms with Crippen molar-refractivity contribution in [3.8, 4) is 28.3 Å². The number of para-hydroxylation sites is 3. The molecular formula is C44H25N3O2. The van der Waals surface area contributed by atoms with Crippen molar-refractivity contribution >= 4 is 76.6 Å². The highest BCUT2D eigenvalue weighted by Gasteiger charge is 2.25. The Morgan fingerprint density at radius 2 is 1.12 bits per heavy atom. The molecule has 49 heavy (non-hydrogen) atoms. The number of hydrogen-bond donors (Lipinski definition) is 0. The number of aromatic nitrogens is 3. The third-order valence-corrected chi connectivity index (χ3v) is 9.79. The lowest BCUT2D eigenvalue weighted by atomic mass is 10.0. The molecule has 0 radical (unpaired) electrons. The number of benzene rings is 7. The Kier molecular flexibility index (Phi) is 5.32. The molecule has 0 aliphatic rings. The van der Waals surface area contributed by atoms with E-state index in [4.69, 9.17) is 18.8 Å². The first-order valence-electron chi connectivity index (χ1n) is 16.4. The summed E-state index contributed by atoms with van der Waals surface area (Å²) in [6, 6.07) is 52.5. The molecule has 0 atom stereocenters. The standard InChI is InChI=1S/C44H25N3O2/c1-2-12-26(13-3-1)44-45-40-31-18-8-11-21-38(31)49-43(40)41(46-44)32-22-23-35(42-39(32)30-17-7-10-20-37(30)48-42)47-34-19-9-6-16-29(34)33-24-27-14-4-5-15-28(27)25-36(33)47/h1-25H. The maximum absolute atomic E-state index is 6.85. The van der Waals surface area contributed by atoms with Crippen LogP contribution in [0.25, 0.3) is 105 Å². The van der Waals surface area contributed by atoms with Crippen molar-refractivity contribution in [3.05, 3.63) is 152 Å². The predicted molar refractivity (Wildman–Crippen MR) is 199 cm³/mol. The number of furan rings is 2. The second-order valence-electron chi connectivity index (χ2n) is 12.5. The highest BCUT2D eigenvalue weighted by Crippen LogP contribution is 2.45. The molecule has 0 bridgehead atoms. The van der Waals surface area contributed by atoms with Gasteiger partial charge in [-0.05, 0) is 59.3 Å². The predicted octanol–water partition coefficient (Wildman–Crippen LogP) is 11.9. The monoisotopic (exact) mass is 627 g/mol. The minimum absolute atomic E-state index is 0.647. The largest absolute Gasteiger partial charge is 0.454 e. The van der Waals surface area contributed by atoms with Gasteiger partial charge in [0.05, 0.1) is 16.7 Å². The van der Waals surface area contributed by atoms with E-state index in [1.54, 1.807) is 0 Å². The quantitative estimate of drug-likeness (QED) is 0.196. The van der Waals surface area contributed by atoms with Crippen molar-refractivity contribution in [2.24, 2.45) is 0 Å². The lowest BCUT2D eigenvalue weighted by Gasteiger charge is -2.12. The average Bonchev–Trinajstić information content (AvgIpc) is 3.84. The molecule has 11 aromatic rings. The molecular weight excluding hydrogens is 603 g/mol. The van der Waals surface area contributed by atoms with Gasteiger partial charge in [0.15, 0.2) is 17.0 Å². The van der Waals surface area contributed by atoms with Crippen molar-refractivity contribution < 1.29 is 8.83 Å². The first-order valence-corrected chi connectivity index (χ1v) is 16.4. The van der Waals surface area contributed by atoms with Crippen LogP contribution in [0, 0.1) is 0 Å². The summed E-state index contributed by atoms with van der Waals surface area (Å²) in [6.07, 6.45) is 0. The lowest BCUT2D eigenvalue weighted by molar-refractivity contribution is 0.666. The fourth-order valence-corrected chi connectivity index (χ4v) is 7.59. The summed E-state index contributed by atoms with van der Waals surface area (Å²) in [5.41, 5.74) is 9.65. The van der Waals surface area contributed by atoms with Crippen LogP contribution >= 0.6 is 0 Å². The molecule has 0 amide bonds. The molecule has 7 aromatic carbocycles. The Hall–Kier alpha value is -6.72. The molecule has 11 rings (SSSR count). The summed E-state index contributed by atoms with van der Waals surface area (Å²) in [6.45, 7) is 0. The van der Waals surface area contributed by atoms with Crippen LogP contribution in [0.5, 0.6) is 0 Å². The van der Waals surface area contributed by atoms with E-state index in [2.05, 4.69) is 95.6 Å². The zero-order valence-electron chi connectivity index (χ0n) is 26.1. The molecule has 0 N–H and O–H groups in total. The Balaban J connectivity index is 1.28. The highest BCUT2D eigenvalue weighted by molar-refractivity contribution is 6.19. The minimum Gasteiger partial charge on any atom is -0.454 e. The zero-order chi connectivity index (χ0) is 32.1. The van der Waals surface area contributed by atoms with Crippen LogP contribution in [0.2, 0.25) is 0 Å². The van der Waals surface area contributed by atoms with E-state index in [0.29, 0.717) is 11.4 Å². The average molecular weight is 628 g/mol. The number of hydrogen-bond acceptors (Lipinski definition) is 4. The van der Waals surface area contributed by atoms with Crippen molar-refractivity contribution in [1.82, 2.24) is 14.5 Å². The van der Waals surface area contributed by atoms with Crippen molar-refractivity contribution in [1.29, 1.82) is 0 Å². The van der Waals surface area contributed by atoms with Crippen molar-refractivity contribution in [3.63, 3.8) is 0 Å². The smallest absolute Gasteiger partial charge is 0.180 e. The van der Waals surface area contributed by atoms with E-state index < -0.39 is 0 Å². The van der Waals surface area contributed by atoms with Crippen LogP contribution in [0.15, 0.2) is 160 Å². The first kappa shape index (κ1) is 26.4. The van der Waals surface area contributed by atoms with Crippen LogP contribution < -0.4 is 0 Å². The molecule has 0 aliphatic carbocycles. The lowest BCUT2D eigenvalue weighted by Crippen LogP contribution is -1.97. The summed E-state index contributed by atoms with van der Waals surface area (Å²) < 4.78 is 15.8. The third-order valence-electron chi connectivity index (χ3n) is 9.79. The summed E-state index contributed by atoms with van der Waals surface area (Å²) in [4.78, 5) is 10.3. The van der Waals surface area contributed by atoms with Gasteiger partial charge in [-0.2, -0.15) is 0 Å². The molecule has 4 heterocycles. The maximum Gasteiger partial charge on any atom is 0.180 e. The number of nitrogens with zero attached hydrogens (tertiary/aromatic N) is 3. The summed E-state index contributed by atoms with van der Waals surface area (Å²) in [7, 11) is 0. The fourth-order valence-electron chi connectivity index (χ4n) is 7.59. The first-order chi connectivity index (χ1) is 24.3. The second-order valence-corrected chi connectivity index (χ2v) is 12.5. The summed E-state index contributed by atoms with van der Waals surface area (Å²) in [5.74, 6) is 0.647. The third kappa shape index (κ3) is 3.75. The number of fused-ring (bicyclic) bond motifs is 10. The van der Waals surface area contributed by atoms with Crippen LogP contribution in [0.1, 0.15) is 0 Å².